The lowest BCUT2D eigenvalue weighted by molar-refractivity contribution is -0.134. The largest absolute Gasteiger partial charge is 0.493 e. The van der Waals surface area contributed by atoms with Crippen molar-refractivity contribution in [2.45, 2.75) is 13.5 Å². The minimum atomic E-state index is -0.833. The summed E-state index contributed by atoms with van der Waals surface area (Å²) in [5.41, 5.74) is 4.78. The number of aliphatic carboxylic acids is 1. The van der Waals surface area contributed by atoms with Gasteiger partial charge in [-0.15, -0.1) is 0 Å². The molecule has 39 heavy (non-hydrogen) atoms. The molecule has 13 nitrogen and oxygen atoms in total. The molecule has 1 fully saturated rings. The summed E-state index contributed by atoms with van der Waals surface area (Å²) < 4.78 is 21.6. The van der Waals surface area contributed by atoms with Gasteiger partial charge in [0.15, 0.2) is 11.5 Å². The fourth-order valence-corrected chi connectivity index (χ4v) is 3.52. The number of anilines is 3. The molecule has 0 aliphatic carbocycles. The number of carboxylic acids is 1. The van der Waals surface area contributed by atoms with Crippen molar-refractivity contribution < 1.29 is 28.8 Å². The van der Waals surface area contributed by atoms with Crippen molar-refractivity contribution in [1.82, 2.24) is 15.0 Å². The topological polar surface area (TPSA) is 153 Å². The van der Waals surface area contributed by atoms with Gasteiger partial charge in [-0.3, -0.25) is 4.79 Å². The average Bonchev–Trinajstić information content (AvgIpc) is 2.96. The quantitative estimate of drug-likeness (QED) is 0.256. The summed E-state index contributed by atoms with van der Waals surface area (Å²) in [4.78, 5) is 24.7. The maximum absolute atomic E-state index is 9.00. The molecule has 0 spiro atoms. The monoisotopic (exact) mass is 539 g/mol. The van der Waals surface area contributed by atoms with Crippen LogP contribution in [-0.4, -0.2) is 79.9 Å². The van der Waals surface area contributed by atoms with Crippen LogP contribution in [0.4, 0.5) is 17.8 Å². The zero-order valence-electron chi connectivity index (χ0n) is 22.4. The van der Waals surface area contributed by atoms with Gasteiger partial charge < -0.3 is 34.3 Å². The Balaban J connectivity index is 0.000000983. The number of hydrazone groups is 1. The second kappa shape index (κ2) is 14.9. The van der Waals surface area contributed by atoms with E-state index < -0.39 is 5.97 Å². The maximum atomic E-state index is 9.00. The van der Waals surface area contributed by atoms with E-state index in [9.17, 15) is 0 Å². The predicted molar refractivity (Wildman–Crippen MR) is 147 cm³/mol. The normalized spacial score (nSPS) is 12.8. The summed E-state index contributed by atoms with van der Waals surface area (Å²) in [7, 11) is 4.70. The summed E-state index contributed by atoms with van der Waals surface area (Å²) in [5.74, 6) is 2.09. The van der Waals surface area contributed by atoms with Crippen LogP contribution in [0.25, 0.3) is 0 Å². The van der Waals surface area contributed by atoms with E-state index in [2.05, 4.69) is 35.7 Å². The van der Waals surface area contributed by atoms with Crippen molar-refractivity contribution in [2.24, 2.45) is 5.10 Å². The van der Waals surface area contributed by atoms with Crippen LogP contribution in [-0.2, 0) is 16.1 Å². The molecule has 3 aromatic rings. The van der Waals surface area contributed by atoms with Gasteiger partial charge in [0.25, 0.3) is 5.97 Å². The van der Waals surface area contributed by atoms with Gasteiger partial charge in [0, 0.05) is 32.1 Å². The third-order valence-electron chi connectivity index (χ3n) is 5.28. The maximum Gasteiger partial charge on any atom is 0.300 e. The van der Waals surface area contributed by atoms with E-state index in [4.69, 9.17) is 28.8 Å². The molecule has 2 heterocycles. The van der Waals surface area contributed by atoms with E-state index in [1.54, 1.807) is 39.7 Å². The second-order valence-corrected chi connectivity index (χ2v) is 8.07. The molecule has 0 atom stereocenters. The molecular formula is C26H33N7O6. The van der Waals surface area contributed by atoms with Gasteiger partial charge in [0.1, 0.15) is 0 Å². The van der Waals surface area contributed by atoms with Crippen LogP contribution in [0, 0.1) is 0 Å². The van der Waals surface area contributed by atoms with Crippen molar-refractivity contribution >= 4 is 30.0 Å². The first-order valence-corrected chi connectivity index (χ1v) is 12.1. The molecule has 208 valence electrons. The number of aromatic nitrogens is 3. The van der Waals surface area contributed by atoms with Crippen molar-refractivity contribution in [3.8, 4) is 17.2 Å². The number of ether oxygens (including phenoxy) is 4. The molecule has 1 aromatic heterocycles. The smallest absolute Gasteiger partial charge is 0.300 e. The molecule has 1 aliphatic rings. The summed E-state index contributed by atoms with van der Waals surface area (Å²) >= 11 is 0. The number of hydrogen-bond donors (Lipinski definition) is 3. The van der Waals surface area contributed by atoms with Gasteiger partial charge >= 0.3 is 0 Å². The fraction of sp³-hybridized carbons (Fsp3) is 0.346. The number of nitrogens with zero attached hydrogens (tertiary/aromatic N) is 5. The van der Waals surface area contributed by atoms with Crippen molar-refractivity contribution in [3.63, 3.8) is 0 Å². The van der Waals surface area contributed by atoms with Gasteiger partial charge in [-0.2, -0.15) is 20.1 Å². The lowest BCUT2D eigenvalue weighted by Gasteiger charge is -2.27. The SMILES string of the molecule is CC(=O)O.COc1cc(C=NNc2nc(NCc3ccccc3)nc(N3CCOCC3)n2)cc(OC)c1OC. The number of hydrogen-bond acceptors (Lipinski definition) is 12. The van der Waals surface area contributed by atoms with Crippen LogP contribution in [0.2, 0.25) is 0 Å². The highest BCUT2D eigenvalue weighted by atomic mass is 16.5. The summed E-state index contributed by atoms with van der Waals surface area (Å²) in [6.07, 6.45) is 1.62. The van der Waals surface area contributed by atoms with Gasteiger partial charge in [0.2, 0.25) is 23.6 Å². The highest BCUT2D eigenvalue weighted by molar-refractivity contribution is 5.83. The summed E-state index contributed by atoms with van der Waals surface area (Å²) in [6, 6.07) is 13.6. The molecule has 0 amide bonds. The number of carbonyl (C=O) groups is 1. The Kier molecular flexibility index (Phi) is 11.1. The van der Waals surface area contributed by atoms with Crippen LogP contribution < -0.4 is 29.9 Å². The number of benzene rings is 2. The number of methoxy groups -OCH3 is 3. The van der Waals surface area contributed by atoms with Crippen molar-refractivity contribution in [1.29, 1.82) is 0 Å². The first-order chi connectivity index (χ1) is 18.9. The Morgan fingerprint density at radius 3 is 2.23 bits per heavy atom. The van der Waals surface area contributed by atoms with Crippen LogP contribution in [0.3, 0.4) is 0 Å². The van der Waals surface area contributed by atoms with Crippen LogP contribution in [0.5, 0.6) is 17.2 Å². The van der Waals surface area contributed by atoms with E-state index in [0.717, 1.165) is 18.1 Å². The average molecular weight is 540 g/mol. The van der Waals surface area contributed by atoms with Gasteiger partial charge in [0.05, 0.1) is 40.8 Å². The minimum absolute atomic E-state index is 0.320. The molecule has 4 rings (SSSR count). The molecule has 3 N–H and O–H groups in total. The minimum Gasteiger partial charge on any atom is -0.493 e. The molecule has 0 unspecified atom stereocenters. The second-order valence-electron chi connectivity index (χ2n) is 8.07. The Morgan fingerprint density at radius 1 is 1.03 bits per heavy atom. The molecule has 1 saturated heterocycles. The number of carboxylic acid groups (broad SMARTS) is 1. The standard InChI is InChI=1S/C24H29N7O4.C2H4O2/c1-32-19-13-18(14-20(33-2)21(19)34-3)16-26-30-23-27-22(25-15-17-7-5-4-6-8-17)28-24(29-23)31-9-11-35-12-10-31;1-2(3)4/h4-8,13-14,16H,9-12,15H2,1-3H3,(H2,25,27,28,29,30);1H3,(H,3,4). The predicted octanol–water partition coefficient (Wildman–Crippen LogP) is 2.88. The molecule has 0 saturated carbocycles. The lowest BCUT2D eigenvalue weighted by atomic mass is 10.2. The van der Waals surface area contributed by atoms with Gasteiger partial charge in [-0.05, 0) is 17.7 Å². The van der Waals surface area contributed by atoms with E-state index in [-0.39, 0.29) is 0 Å². The van der Waals surface area contributed by atoms with Crippen LogP contribution in [0.15, 0.2) is 47.6 Å². The van der Waals surface area contributed by atoms with E-state index in [1.807, 2.05) is 30.3 Å². The van der Waals surface area contributed by atoms with E-state index in [0.29, 0.717) is 67.9 Å². The third-order valence-corrected chi connectivity index (χ3v) is 5.28. The number of morpholine rings is 1. The van der Waals surface area contributed by atoms with E-state index >= 15 is 0 Å². The molecule has 2 aromatic carbocycles. The Bertz CT molecular complexity index is 1210. The van der Waals surface area contributed by atoms with Gasteiger partial charge in [-0.1, -0.05) is 30.3 Å². The fourth-order valence-electron chi connectivity index (χ4n) is 3.52. The van der Waals surface area contributed by atoms with Crippen LogP contribution >= 0.6 is 0 Å². The van der Waals surface area contributed by atoms with Crippen LogP contribution in [0.1, 0.15) is 18.1 Å². The van der Waals surface area contributed by atoms with Gasteiger partial charge in [-0.25, -0.2) is 5.43 Å². The molecule has 13 heteroatoms. The number of rotatable bonds is 10. The molecule has 1 aliphatic heterocycles. The first kappa shape index (κ1) is 28.9. The first-order valence-electron chi connectivity index (χ1n) is 12.1. The van der Waals surface area contributed by atoms with Crippen molar-refractivity contribution in [2.75, 3.05) is 63.3 Å². The molecule has 0 radical (unpaired) electrons. The number of nitrogens with one attached hydrogen (secondary N) is 2. The summed E-state index contributed by atoms with van der Waals surface area (Å²) in [6.45, 7) is 4.33. The highest BCUT2D eigenvalue weighted by Gasteiger charge is 2.17. The zero-order valence-corrected chi connectivity index (χ0v) is 22.4. The van der Waals surface area contributed by atoms with Crippen molar-refractivity contribution in [3.05, 3.63) is 53.6 Å². The Hall–Kier alpha value is -4.65. The van der Waals surface area contributed by atoms with E-state index in [1.165, 1.54) is 0 Å². The lowest BCUT2D eigenvalue weighted by Crippen LogP contribution is -2.37. The zero-order chi connectivity index (χ0) is 28.0. The third kappa shape index (κ3) is 9.00. The Morgan fingerprint density at radius 2 is 1.64 bits per heavy atom. The Labute approximate surface area is 226 Å². The molecule has 0 bridgehead atoms. The highest BCUT2D eigenvalue weighted by Crippen LogP contribution is 2.37. The summed E-state index contributed by atoms with van der Waals surface area (Å²) in [5, 5.41) is 15.0. The molecular weight excluding hydrogens is 506 g/mol.